The molecule has 0 atom stereocenters. The third-order valence-electron chi connectivity index (χ3n) is 4.00. The fourth-order valence-electron chi connectivity index (χ4n) is 2.45. The van der Waals surface area contributed by atoms with Gasteiger partial charge >= 0.3 is 0 Å². The highest BCUT2D eigenvalue weighted by molar-refractivity contribution is 5.94. The molecule has 26 heavy (non-hydrogen) atoms. The minimum Gasteiger partial charge on any atom is -0.492 e. The van der Waals surface area contributed by atoms with Crippen molar-refractivity contribution in [1.29, 1.82) is 0 Å². The Balaban J connectivity index is 1.60. The van der Waals surface area contributed by atoms with Gasteiger partial charge in [0.25, 0.3) is 5.91 Å². The second-order valence-corrected chi connectivity index (χ2v) is 6.21. The Kier molecular flexibility index (Phi) is 7.68. The fourth-order valence-corrected chi connectivity index (χ4v) is 2.45. The van der Waals surface area contributed by atoms with Crippen molar-refractivity contribution in [3.05, 3.63) is 65.7 Å². The zero-order chi connectivity index (χ0) is 18.8. The molecule has 0 saturated heterocycles. The lowest BCUT2D eigenvalue weighted by Crippen LogP contribution is -2.32. The van der Waals surface area contributed by atoms with Crippen LogP contribution in [-0.4, -0.2) is 43.5 Å². The molecule has 0 unspecified atom stereocenters. The smallest absolute Gasteiger partial charge is 0.251 e. The summed E-state index contributed by atoms with van der Waals surface area (Å²) >= 11 is 0. The minimum absolute atomic E-state index is 0.0480. The average molecular weight is 354 g/mol. The molecule has 0 aromatic heterocycles. The second-order valence-electron chi connectivity index (χ2n) is 6.21. The molecule has 5 nitrogen and oxygen atoms in total. The first-order valence-electron chi connectivity index (χ1n) is 8.83. The van der Waals surface area contributed by atoms with Crippen LogP contribution in [0.25, 0.3) is 0 Å². The second kappa shape index (κ2) is 10.2. The van der Waals surface area contributed by atoms with Crippen LogP contribution in [0.15, 0.2) is 54.6 Å². The first-order valence-corrected chi connectivity index (χ1v) is 8.83. The van der Waals surface area contributed by atoms with Gasteiger partial charge in [-0.3, -0.25) is 9.59 Å². The predicted molar refractivity (Wildman–Crippen MR) is 102 cm³/mol. The summed E-state index contributed by atoms with van der Waals surface area (Å²) in [6.45, 7) is 3.48. The van der Waals surface area contributed by atoms with Gasteiger partial charge in [0, 0.05) is 25.6 Å². The van der Waals surface area contributed by atoms with E-state index in [-0.39, 0.29) is 11.8 Å². The van der Waals surface area contributed by atoms with E-state index in [0.29, 0.717) is 38.1 Å². The van der Waals surface area contributed by atoms with Gasteiger partial charge in [0.2, 0.25) is 5.91 Å². The van der Waals surface area contributed by atoms with Crippen LogP contribution in [0, 0.1) is 6.92 Å². The van der Waals surface area contributed by atoms with E-state index in [4.69, 9.17) is 4.74 Å². The van der Waals surface area contributed by atoms with Crippen molar-refractivity contribution in [2.24, 2.45) is 0 Å². The van der Waals surface area contributed by atoms with Gasteiger partial charge in [-0.15, -0.1) is 0 Å². The van der Waals surface area contributed by atoms with Gasteiger partial charge < -0.3 is 15.0 Å². The molecule has 5 heteroatoms. The van der Waals surface area contributed by atoms with Crippen molar-refractivity contribution in [1.82, 2.24) is 10.2 Å². The number of carbonyl (C=O) groups excluding carboxylic acids is 2. The number of aryl methyl sites for hydroxylation is 1. The Morgan fingerprint density at radius 3 is 2.58 bits per heavy atom. The molecule has 1 N–H and O–H groups in total. The number of amides is 2. The maximum absolute atomic E-state index is 12.1. The van der Waals surface area contributed by atoms with Gasteiger partial charge in [-0.1, -0.05) is 30.3 Å². The monoisotopic (exact) mass is 354 g/mol. The van der Waals surface area contributed by atoms with Crippen molar-refractivity contribution in [3.8, 4) is 5.75 Å². The molecule has 0 radical (unpaired) electrons. The summed E-state index contributed by atoms with van der Waals surface area (Å²) in [5, 5.41) is 2.83. The SMILES string of the molecule is Cc1cccc(OCCN(C)C(=O)CCCNC(=O)c2ccccc2)c1. The van der Waals surface area contributed by atoms with Gasteiger partial charge in [-0.2, -0.15) is 0 Å². The number of rotatable bonds is 9. The van der Waals surface area contributed by atoms with E-state index in [2.05, 4.69) is 5.32 Å². The Morgan fingerprint density at radius 2 is 1.85 bits per heavy atom. The van der Waals surface area contributed by atoms with Crippen molar-refractivity contribution in [2.75, 3.05) is 26.7 Å². The van der Waals surface area contributed by atoms with E-state index < -0.39 is 0 Å². The van der Waals surface area contributed by atoms with Crippen LogP contribution in [-0.2, 0) is 4.79 Å². The van der Waals surface area contributed by atoms with E-state index in [0.717, 1.165) is 11.3 Å². The standard InChI is InChI=1S/C21H26N2O3/c1-17-8-6-11-19(16-17)26-15-14-23(2)20(24)12-7-13-22-21(25)18-9-4-3-5-10-18/h3-6,8-11,16H,7,12-15H2,1-2H3,(H,22,25). The highest BCUT2D eigenvalue weighted by atomic mass is 16.5. The van der Waals surface area contributed by atoms with Crippen LogP contribution in [0.3, 0.4) is 0 Å². The zero-order valence-corrected chi connectivity index (χ0v) is 15.4. The number of hydrogen-bond donors (Lipinski definition) is 1. The third-order valence-corrected chi connectivity index (χ3v) is 4.00. The maximum atomic E-state index is 12.1. The van der Waals surface area contributed by atoms with Crippen LogP contribution in [0.4, 0.5) is 0 Å². The highest BCUT2D eigenvalue weighted by Gasteiger charge is 2.09. The molecule has 0 saturated carbocycles. The Labute approximate surface area is 155 Å². The number of hydrogen-bond acceptors (Lipinski definition) is 3. The molecule has 2 rings (SSSR count). The summed E-state index contributed by atoms with van der Waals surface area (Å²) in [7, 11) is 1.77. The van der Waals surface area contributed by atoms with Crippen molar-refractivity contribution < 1.29 is 14.3 Å². The number of benzene rings is 2. The largest absolute Gasteiger partial charge is 0.492 e. The zero-order valence-electron chi connectivity index (χ0n) is 15.4. The van der Waals surface area contributed by atoms with E-state index in [9.17, 15) is 9.59 Å². The molecular weight excluding hydrogens is 328 g/mol. The van der Waals surface area contributed by atoms with E-state index in [1.807, 2.05) is 49.4 Å². The molecule has 2 aromatic rings. The first-order chi connectivity index (χ1) is 12.6. The molecule has 0 bridgehead atoms. The first kappa shape index (κ1) is 19.5. The summed E-state index contributed by atoms with van der Waals surface area (Å²) in [6, 6.07) is 16.9. The number of nitrogens with one attached hydrogen (secondary N) is 1. The van der Waals surface area contributed by atoms with Crippen LogP contribution < -0.4 is 10.1 Å². The molecule has 2 amide bonds. The molecule has 0 spiro atoms. The number of carbonyl (C=O) groups is 2. The topological polar surface area (TPSA) is 58.6 Å². The van der Waals surface area contributed by atoms with E-state index in [1.54, 1.807) is 24.1 Å². The Bertz CT molecular complexity index is 716. The molecule has 0 aliphatic carbocycles. The lowest BCUT2D eigenvalue weighted by Gasteiger charge is -2.17. The third kappa shape index (κ3) is 6.59. The lowest BCUT2D eigenvalue weighted by atomic mass is 10.2. The summed E-state index contributed by atoms with van der Waals surface area (Å²) in [6.07, 6.45) is 1.01. The predicted octanol–water partition coefficient (Wildman–Crippen LogP) is 3.04. The summed E-state index contributed by atoms with van der Waals surface area (Å²) in [5.74, 6) is 0.749. The van der Waals surface area contributed by atoms with Crippen molar-refractivity contribution in [3.63, 3.8) is 0 Å². The van der Waals surface area contributed by atoms with Crippen molar-refractivity contribution in [2.45, 2.75) is 19.8 Å². The van der Waals surface area contributed by atoms with Gasteiger partial charge in [0.15, 0.2) is 0 Å². The normalized spacial score (nSPS) is 10.2. The molecule has 138 valence electrons. The molecule has 2 aromatic carbocycles. The van der Waals surface area contributed by atoms with E-state index >= 15 is 0 Å². The van der Waals surface area contributed by atoms with Gasteiger partial charge in [-0.05, 0) is 43.2 Å². The summed E-state index contributed by atoms with van der Waals surface area (Å²) in [5.41, 5.74) is 1.77. The highest BCUT2D eigenvalue weighted by Crippen LogP contribution is 2.12. The molecular formula is C21H26N2O3. The quantitative estimate of drug-likeness (QED) is 0.704. The van der Waals surface area contributed by atoms with Crippen LogP contribution in [0.5, 0.6) is 5.75 Å². The summed E-state index contributed by atoms with van der Waals surface area (Å²) in [4.78, 5) is 25.7. The van der Waals surface area contributed by atoms with Gasteiger partial charge in [0.05, 0.1) is 6.54 Å². The maximum Gasteiger partial charge on any atom is 0.251 e. The number of nitrogens with zero attached hydrogens (tertiary/aromatic N) is 1. The number of ether oxygens (including phenoxy) is 1. The van der Waals surface area contributed by atoms with Crippen molar-refractivity contribution >= 4 is 11.8 Å². The van der Waals surface area contributed by atoms with Crippen LogP contribution in [0.1, 0.15) is 28.8 Å². The molecule has 0 aliphatic rings. The lowest BCUT2D eigenvalue weighted by molar-refractivity contribution is -0.130. The van der Waals surface area contributed by atoms with Gasteiger partial charge in [-0.25, -0.2) is 0 Å². The molecule has 0 heterocycles. The Hall–Kier alpha value is -2.82. The number of likely N-dealkylation sites (N-methyl/N-ethyl adjacent to an activating group) is 1. The van der Waals surface area contributed by atoms with E-state index in [1.165, 1.54) is 0 Å². The summed E-state index contributed by atoms with van der Waals surface area (Å²) < 4.78 is 5.66. The van der Waals surface area contributed by atoms with Gasteiger partial charge in [0.1, 0.15) is 12.4 Å². The molecule has 0 aliphatic heterocycles. The van der Waals surface area contributed by atoms with Crippen LogP contribution in [0.2, 0.25) is 0 Å². The average Bonchev–Trinajstić information content (AvgIpc) is 2.65. The minimum atomic E-state index is -0.113. The fraction of sp³-hybridized carbons (Fsp3) is 0.333. The molecule has 0 fully saturated rings. The Morgan fingerprint density at radius 1 is 1.08 bits per heavy atom. The van der Waals surface area contributed by atoms with Crippen LogP contribution >= 0.6 is 0 Å².